The first kappa shape index (κ1) is 16.0. The Morgan fingerprint density at radius 3 is 2.78 bits per heavy atom. The number of hydrogen-bond acceptors (Lipinski definition) is 4. The van der Waals surface area contributed by atoms with E-state index in [1.54, 1.807) is 0 Å². The maximum atomic E-state index is 12.6. The number of likely N-dealkylation sites (tertiary alicyclic amines) is 1. The molecule has 23 heavy (non-hydrogen) atoms. The van der Waals surface area contributed by atoms with E-state index in [1.807, 2.05) is 38.0 Å². The van der Waals surface area contributed by atoms with E-state index < -0.39 is 5.54 Å². The molecule has 1 aromatic heterocycles. The Hall–Kier alpha value is -1.89. The summed E-state index contributed by atoms with van der Waals surface area (Å²) in [5, 5.41) is 7.11. The van der Waals surface area contributed by atoms with Crippen LogP contribution in [0.1, 0.15) is 32.3 Å². The van der Waals surface area contributed by atoms with Crippen molar-refractivity contribution in [1.82, 2.24) is 24.9 Å². The molecular weight excluding hydrogens is 294 g/mol. The summed E-state index contributed by atoms with van der Waals surface area (Å²) in [6, 6.07) is -0.344. The van der Waals surface area contributed by atoms with E-state index >= 15 is 0 Å². The molecule has 0 unspecified atom stereocenters. The molecule has 2 aliphatic heterocycles. The highest BCUT2D eigenvalue weighted by molar-refractivity contribution is 6.07. The number of hydrogen-bond donors (Lipinski definition) is 1. The minimum absolute atomic E-state index is 0.0627. The van der Waals surface area contributed by atoms with E-state index in [9.17, 15) is 9.59 Å². The molecule has 0 radical (unpaired) electrons. The van der Waals surface area contributed by atoms with Crippen LogP contribution < -0.4 is 5.32 Å². The van der Waals surface area contributed by atoms with Crippen molar-refractivity contribution in [2.45, 2.75) is 44.7 Å². The number of nitrogens with one attached hydrogen (secondary N) is 1. The lowest BCUT2D eigenvalue weighted by Crippen LogP contribution is -2.49. The Kier molecular flexibility index (Phi) is 4.14. The first-order valence-electron chi connectivity index (χ1n) is 8.27. The van der Waals surface area contributed by atoms with Gasteiger partial charge in [-0.3, -0.25) is 14.4 Å². The lowest BCUT2D eigenvalue weighted by Gasteiger charge is -2.23. The number of nitrogens with zero attached hydrogens (tertiary/aromatic N) is 4. The third-order valence-electron chi connectivity index (χ3n) is 4.76. The quantitative estimate of drug-likeness (QED) is 0.814. The predicted molar refractivity (Wildman–Crippen MR) is 85.8 cm³/mol. The molecule has 0 aliphatic carbocycles. The molecule has 1 atom stereocenters. The van der Waals surface area contributed by atoms with Gasteiger partial charge in [0.15, 0.2) is 0 Å². The summed E-state index contributed by atoms with van der Waals surface area (Å²) in [6.07, 6.45) is 6.64. The Bertz CT molecular complexity index is 611. The monoisotopic (exact) mass is 319 g/mol. The Labute approximate surface area is 136 Å². The number of carbonyl (C=O) groups is 2. The molecule has 2 aliphatic rings. The summed E-state index contributed by atoms with van der Waals surface area (Å²) in [7, 11) is 1.92. The Balaban J connectivity index is 1.54. The third kappa shape index (κ3) is 2.97. The van der Waals surface area contributed by atoms with Crippen LogP contribution in [-0.2, 0) is 18.3 Å². The maximum absolute atomic E-state index is 12.6. The number of urea groups is 1. The highest BCUT2D eigenvalue weighted by atomic mass is 16.2. The van der Waals surface area contributed by atoms with Crippen LogP contribution in [0.25, 0.3) is 0 Å². The standard InChI is InChI=1S/C16H25N5O2/c1-12(2)21-14(22)16(18-15(21)23)6-8-20(11-16)7-4-5-13-9-17-19(3)10-13/h9-10,12H,4-8,11H2,1-3H3,(H,18,23)/t16-/m0/s1. The fourth-order valence-corrected chi connectivity index (χ4v) is 3.57. The van der Waals surface area contributed by atoms with Crippen LogP contribution in [-0.4, -0.2) is 62.7 Å². The van der Waals surface area contributed by atoms with Gasteiger partial charge in [-0.25, -0.2) is 4.79 Å². The first-order valence-corrected chi connectivity index (χ1v) is 8.27. The molecule has 2 saturated heterocycles. The zero-order valence-electron chi connectivity index (χ0n) is 14.1. The highest BCUT2D eigenvalue weighted by Gasteiger charge is 2.54. The van der Waals surface area contributed by atoms with Crippen molar-refractivity contribution in [3.63, 3.8) is 0 Å². The van der Waals surface area contributed by atoms with Gasteiger partial charge < -0.3 is 10.2 Å². The van der Waals surface area contributed by atoms with Gasteiger partial charge >= 0.3 is 6.03 Å². The predicted octanol–water partition coefficient (Wildman–Crippen LogP) is 0.757. The van der Waals surface area contributed by atoms with Gasteiger partial charge in [0.25, 0.3) is 5.91 Å². The molecule has 0 bridgehead atoms. The lowest BCUT2D eigenvalue weighted by molar-refractivity contribution is -0.132. The van der Waals surface area contributed by atoms with Crippen LogP contribution >= 0.6 is 0 Å². The second-order valence-electron chi connectivity index (χ2n) is 6.93. The van der Waals surface area contributed by atoms with Crippen LogP contribution in [0.15, 0.2) is 12.4 Å². The topological polar surface area (TPSA) is 70.5 Å². The molecule has 3 heterocycles. The SMILES string of the molecule is CC(C)N1C(=O)N[C@]2(CCN(CCCc3cnn(C)c3)C2)C1=O. The minimum atomic E-state index is -0.699. The Morgan fingerprint density at radius 2 is 2.17 bits per heavy atom. The second kappa shape index (κ2) is 5.96. The molecule has 0 aromatic carbocycles. The van der Waals surface area contributed by atoms with Crippen molar-refractivity contribution in [2.75, 3.05) is 19.6 Å². The minimum Gasteiger partial charge on any atom is -0.322 e. The summed E-state index contributed by atoms with van der Waals surface area (Å²) in [6.45, 7) is 6.15. The first-order chi connectivity index (χ1) is 10.9. The van der Waals surface area contributed by atoms with E-state index in [0.717, 1.165) is 25.9 Å². The summed E-state index contributed by atoms with van der Waals surface area (Å²) in [4.78, 5) is 28.3. The maximum Gasteiger partial charge on any atom is 0.325 e. The van der Waals surface area contributed by atoms with Crippen molar-refractivity contribution < 1.29 is 9.59 Å². The molecule has 1 N–H and O–H groups in total. The number of aromatic nitrogens is 2. The number of amides is 3. The van der Waals surface area contributed by atoms with Crippen LogP contribution in [0, 0.1) is 0 Å². The van der Waals surface area contributed by atoms with Crippen molar-refractivity contribution in [3.05, 3.63) is 18.0 Å². The van der Waals surface area contributed by atoms with Crippen LogP contribution in [0.5, 0.6) is 0 Å². The molecule has 3 rings (SSSR count). The van der Waals surface area contributed by atoms with Gasteiger partial charge in [-0.15, -0.1) is 0 Å². The van der Waals surface area contributed by atoms with Gasteiger partial charge in [0, 0.05) is 32.4 Å². The van der Waals surface area contributed by atoms with Gasteiger partial charge in [0.1, 0.15) is 5.54 Å². The smallest absolute Gasteiger partial charge is 0.322 e. The van der Waals surface area contributed by atoms with Crippen molar-refractivity contribution in [2.24, 2.45) is 7.05 Å². The molecule has 1 spiro atoms. The molecule has 3 amide bonds. The fraction of sp³-hybridized carbons (Fsp3) is 0.688. The average molecular weight is 319 g/mol. The van der Waals surface area contributed by atoms with Gasteiger partial charge in [-0.1, -0.05) is 0 Å². The van der Waals surface area contributed by atoms with E-state index in [-0.39, 0.29) is 18.0 Å². The number of imide groups is 1. The van der Waals surface area contributed by atoms with E-state index in [4.69, 9.17) is 0 Å². The lowest BCUT2D eigenvalue weighted by atomic mass is 9.98. The number of rotatable bonds is 5. The number of aryl methyl sites for hydroxylation is 2. The third-order valence-corrected chi connectivity index (χ3v) is 4.76. The van der Waals surface area contributed by atoms with Crippen molar-refractivity contribution >= 4 is 11.9 Å². The molecule has 126 valence electrons. The van der Waals surface area contributed by atoms with E-state index in [2.05, 4.69) is 15.3 Å². The second-order valence-corrected chi connectivity index (χ2v) is 6.93. The van der Waals surface area contributed by atoms with E-state index in [1.165, 1.54) is 10.5 Å². The normalized spacial score (nSPS) is 25.1. The van der Waals surface area contributed by atoms with Crippen molar-refractivity contribution in [3.8, 4) is 0 Å². The van der Waals surface area contributed by atoms with Crippen molar-refractivity contribution in [1.29, 1.82) is 0 Å². The molecule has 0 saturated carbocycles. The van der Waals surface area contributed by atoms with Crippen LogP contribution in [0.3, 0.4) is 0 Å². The van der Waals surface area contributed by atoms with Gasteiger partial charge in [-0.2, -0.15) is 5.10 Å². The zero-order chi connectivity index (χ0) is 16.6. The molecular formula is C16H25N5O2. The zero-order valence-corrected chi connectivity index (χ0v) is 14.1. The summed E-state index contributed by atoms with van der Waals surface area (Å²) in [5.74, 6) is -0.0627. The highest BCUT2D eigenvalue weighted by Crippen LogP contribution is 2.29. The largest absolute Gasteiger partial charge is 0.325 e. The molecule has 7 nitrogen and oxygen atoms in total. The summed E-state index contributed by atoms with van der Waals surface area (Å²) >= 11 is 0. The summed E-state index contributed by atoms with van der Waals surface area (Å²) in [5.41, 5.74) is 0.535. The van der Waals surface area contributed by atoms with Gasteiger partial charge in [-0.05, 0) is 45.2 Å². The molecule has 2 fully saturated rings. The van der Waals surface area contributed by atoms with Gasteiger partial charge in [0.05, 0.1) is 6.20 Å². The van der Waals surface area contributed by atoms with Crippen LogP contribution in [0.4, 0.5) is 4.79 Å². The summed E-state index contributed by atoms with van der Waals surface area (Å²) < 4.78 is 1.81. The number of carbonyl (C=O) groups excluding carboxylic acids is 2. The Morgan fingerprint density at radius 1 is 1.39 bits per heavy atom. The van der Waals surface area contributed by atoms with E-state index in [0.29, 0.717) is 13.0 Å². The molecule has 7 heteroatoms. The van der Waals surface area contributed by atoms with Gasteiger partial charge in [0.2, 0.25) is 0 Å². The average Bonchev–Trinajstić information content (AvgIpc) is 3.12. The van der Waals surface area contributed by atoms with Crippen LogP contribution in [0.2, 0.25) is 0 Å². The fourth-order valence-electron chi connectivity index (χ4n) is 3.57. The molecule has 1 aromatic rings.